The molecule has 19 heavy (non-hydrogen) atoms. The van der Waals surface area contributed by atoms with Crippen molar-refractivity contribution >= 4 is 5.82 Å². The number of benzene rings is 1. The van der Waals surface area contributed by atoms with Gasteiger partial charge in [0.1, 0.15) is 23.2 Å². The molecule has 1 aromatic heterocycles. The number of anilines is 1. The molecule has 0 saturated heterocycles. The summed E-state index contributed by atoms with van der Waals surface area (Å²) in [6, 6.07) is 4.67. The second kappa shape index (κ2) is 4.37. The lowest BCUT2D eigenvalue weighted by Gasteiger charge is -2.17. The molecule has 0 radical (unpaired) electrons. The van der Waals surface area contributed by atoms with E-state index in [1.807, 2.05) is 18.5 Å². The SMILES string of the molecule is Cc1cc(F)ccc1-c1nc(C(C)(C)C)n(C)c1N. The zero-order valence-corrected chi connectivity index (χ0v) is 12.1. The lowest BCUT2D eigenvalue weighted by atomic mass is 9.96. The van der Waals surface area contributed by atoms with E-state index < -0.39 is 0 Å². The molecule has 1 aromatic carbocycles. The van der Waals surface area contributed by atoms with Crippen LogP contribution >= 0.6 is 0 Å². The van der Waals surface area contributed by atoms with Crippen LogP contribution in [-0.4, -0.2) is 9.55 Å². The fourth-order valence-electron chi connectivity index (χ4n) is 2.27. The van der Waals surface area contributed by atoms with Crippen LogP contribution in [0.25, 0.3) is 11.3 Å². The van der Waals surface area contributed by atoms with Crippen LogP contribution in [0.3, 0.4) is 0 Å². The van der Waals surface area contributed by atoms with Gasteiger partial charge in [0.25, 0.3) is 0 Å². The molecule has 0 aliphatic rings. The van der Waals surface area contributed by atoms with E-state index in [1.54, 1.807) is 6.07 Å². The van der Waals surface area contributed by atoms with Gasteiger partial charge in [0.15, 0.2) is 0 Å². The maximum atomic E-state index is 13.2. The number of aryl methyl sites for hydroxylation is 1. The van der Waals surface area contributed by atoms with Gasteiger partial charge in [-0.15, -0.1) is 0 Å². The van der Waals surface area contributed by atoms with Gasteiger partial charge in [-0.2, -0.15) is 0 Å². The fraction of sp³-hybridized carbons (Fsp3) is 0.400. The van der Waals surface area contributed by atoms with E-state index >= 15 is 0 Å². The molecule has 0 fully saturated rings. The van der Waals surface area contributed by atoms with Crippen LogP contribution in [0.5, 0.6) is 0 Å². The van der Waals surface area contributed by atoms with Crippen molar-refractivity contribution in [2.75, 3.05) is 5.73 Å². The van der Waals surface area contributed by atoms with E-state index in [0.717, 1.165) is 22.6 Å². The Labute approximate surface area is 113 Å². The van der Waals surface area contributed by atoms with Crippen LogP contribution in [0.2, 0.25) is 0 Å². The van der Waals surface area contributed by atoms with Crippen molar-refractivity contribution in [2.24, 2.45) is 7.05 Å². The molecule has 4 heteroatoms. The molecule has 0 spiro atoms. The summed E-state index contributed by atoms with van der Waals surface area (Å²) in [5, 5.41) is 0. The first kappa shape index (κ1) is 13.6. The van der Waals surface area contributed by atoms with Crippen LogP contribution in [0.1, 0.15) is 32.2 Å². The first-order chi connectivity index (χ1) is 8.71. The Bertz CT molecular complexity index is 621. The van der Waals surface area contributed by atoms with Crippen LogP contribution in [0, 0.1) is 12.7 Å². The van der Waals surface area contributed by atoms with Crippen molar-refractivity contribution < 1.29 is 4.39 Å². The predicted octanol–water partition coefficient (Wildman–Crippen LogP) is 3.41. The first-order valence-corrected chi connectivity index (χ1v) is 6.31. The van der Waals surface area contributed by atoms with Gasteiger partial charge < -0.3 is 10.3 Å². The second-order valence-corrected chi connectivity index (χ2v) is 5.94. The number of hydrogen-bond donors (Lipinski definition) is 1. The van der Waals surface area contributed by atoms with Gasteiger partial charge in [-0.05, 0) is 30.7 Å². The Morgan fingerprint density at radius 1 is 1.26 bits per heavy atom. The molecule has 0 saturated carbocycles. The molecule has 102 valence electrons. The molecule has 2 rings (SSSR count). The molecule has 0 bridgehead atoms. The number of nitrogens with zero attached hydrogens (tertiary/aromatic N) is 2. The minimum absolute atomic E-state index is 0.0882. The van der Waals surface area contributed by atoms with Crippen molar-refractivity contribution in [3.05, 3.63) is 35.4 Å². The highest BCUT2D eigenvalue weighted by molar-refractivity contribution is 5.73. The molecule has 2 N–H and O–H groups in total. The Kier molecular flexibility index (Phi) is 3.12. The first-order valence-electron chi connectivity index (χ1n) is 6.31. The highest BCUT2D eigenvalue weighted by atomic mass is 19.1. The van der Waals surface area contributed by atoms with Gasteiger partial charge in [0, 0.05) is 18.0 Å². The van der Waals surface area contributed by atoms with Crippen molar-refractivity contribution in [1.82, 2.24) is 9.55 Å². The molecular weight excluding hydrogens is 241 g/mol. The number of hydrogen-bond acceptors (Lipinski definition) is 2. The molecule has 2 aromatic rings. The molecule has 0 atom stereocenters. The number of halogens is 1. The molecule has 0 aliphatic carbocycles. The number of aromatic nitrogens is 2. The van der Waals surface area contributed by atoms with Crippen molar-refractivity contribution in [3.8, 4) is 11.3 Å². The Morgan fingerprint density at radius 2 is 1.89 bits per heavy atom. The van der Waals surface area contributed by atoms with Gasteiger partial charge in [-0.25, -0.2) is 9.37 Å². The zero-order chi connectivity index (χ0) is 14.4. The summed E-state index contributed by atoms with van der Waals surface area (Å²) in [6.07, 6.45) is 0. The van der Waals surface area contributed by atoms with Crippen LogP contribution in [0.15, 0.2) is 18.2 Å². The lowest BCUT2D eigenvalue weighted by molar-refractivity contribution is 0.524. The van der Waals surface area contributed by atoms with Crippen molar-refractivity contribution in [2.45, 2.75) is 33.1 Å². The summed E-state index contributed by atoms with van der Waals surface area (Å²) in [4.78, 5) is 4.66. The third-order valence-corrected chi connectivity index (χ3v) is 3.25. The Morgan fingerprint density at radius 3 is 2.37 bits per heavy atom. The summed E-state index contributed by atoms with van der Waals surface area (Å²) < 4.78 is 15.1. The minimum Gasteiger partial charge on any atom is -0.383 e. The van der Waals surface area contributed by atoms with Gasteiger partial charge in [-0.1, -0.05) is 20.8 Å². The van der Waals surface area contributed by atoms with Gasteiger partial charge >= 0.3 is 0 Å². The van der Waals surface area contributed by atoms with E-state index in [9.17, 15) is 4.39 Å². The van der Waals surface area contributed by atoms with E-state index in [1.165, 1.54) is 12.1 Å². The predicted molar refractivity (Wildman–Crippen MR) is 76.5 cm³/mol. The third kappa shape index (κ3) is 2.35. The van der Waals surface area contributed by atoms with Crippen LogP contribution < -0.4 is 5.73 Å². The summed E-state index contributed by atoms with van der Waals surface area (Å²) in [5.41, 5.74) is 8.50. The average molecular weight is 261 g/mol. The standard InChI is InChI=1S/C15H20FN3/c1-9-8-10(16)6-7-11(9)12-13(17)19(5)14(18-12)15(2,3)4/h6-8H,17H2,1-5H3. The van der Waals surface area contributed by atoms with Gasteiger partial charge in [0.2, 0.25) is 0 Å². The largest absolute Gasteiger partial charge is 0.383 e. The zero-order valence-electron chi connectivity index (χ0n) is 12.1. The maximum Gasteiger partial charge on any atom is 0.131 e. The Balaban J connectivity index is 2.64. The van der Waals surface area contributed by atoms with E-state index in [4.69, 9.17) is 5.73 Å². The fourth-order valence-corrected chi connectivity index (χ4v) is 2.27. The average Bonchev–Trinajstić information content (AvgIpc) is 2.56. The van der Waals surface area contributed by atoms with Crippen LogP contribution in [-0.2, 0) is 12.5 Å². The minimum atomic E-state index is -0.244. The molecule has 0 aliphatic heterocycles. The summed E-state index contributed by atoms with van der Waals surface area (Å²) >= 11 is 0. The summed E-state index contributed by atoms with van der Waals surface area (Å²) in [6.45, 7) is 8.14. The topological polar surface area (TPSA) is 43.8 Å². The van der Waals surface area contributed by atoms with Crippen molar-refractivity contribution in [3.63, 3.8) is 0 Å². The summed E-state index contributed by atoms with van der Waals surface area (Å²) in [7, 11) is 1.91. The third-order valence-electron chi connectivity index (χ3n) is 3.25. The molecule has 0 unspecified atom stereocenters. The number of nitrogen functional groups attached to an aromatic ring is 1. The van der Waals surface area contributed by atoms with E-state index in [2.05, 4.69) is 25.8 Å². The molecule has 3 nitrogen and oxygen atoms in total. The number of nitrogens with two attached hydrogens (primary N) is 1. The highest BCUT2D eigenvalue weighted by Gasteiger charge is 2.24. The summed E-state index contributed by atoms with van der Waals surface area (Å²) in [5.74, 6) is 1.29. The van der Waals surface area contributed by atoms with Gasteiger partial charge in [-0.3, -0.25) is 0 Å². The maximum absolute atomic E-state index is 13.2. The number of rotatable bonds is 1. The number of imidazole rings is 1. The second-order valence-electron chi connectivity index (χ2n) is 5.94. The lowest BCUT2D eigenvalue weighted by Crippen LogP contribution is -2.17. The molecular formula is C15H20FN3. The van der Waals surface area contributed by atoms with Gasteiger partial charge in [0.05, 0.1) is 0 Å². The van der Waals surface area contributed by atoms with E-state index in [-0.39, 0.29) is 11.2 Å². The van der Waals surface area contributed by atoms with Crippen LogP contribution in [0.4, 0.5) is 10.2 Å². The quantitative estimate of drug-likeness (QED) is 0.854. The molecule has 1 heterocycles. The highest BCUT2D eigenvalue weighted by Crippen LogP contribution is 2.32. The smallest absolute Gasteiger partial charge is 0.131 e. The molecule has 0 amide bonds. The monoisotopic (exact) mass is 261 g/mol. The normalized spacial score (nSPS) is 11.9. The Hall–Kier alpha value is -1.84. The van der Waals surface area contributed by atoms with Crippen molar-refractivity contribution in [1.29, 1.82) is 0 Å². The van der Waals surface area contributed by atoms with E-state index in [0.29, 0.717) is 5.82 Å².